The highest BCUT2D eigenvalue weighted by Crippen LogP contribution is 2.13. The number of benzene rings is 1. The summed E-state index contributed by atoms with van der Waals surface area (Å²) in [7, 11) is 1.64. The Labute approximate surface area is 120 Å². The molecule has 5 heteroatoms. The minimum Gasteiger partial charge on any atom is -0.497 e. The smallest absolute Gasteiger partial charge is 0.179 e. The van der Waals surface area contributed by atoms with Crippen LogP contribution in [0.3, 0.4) is 0 Å². The Morgan fingerprint density at radius 3 is 2.68 bits per heavy atom. The van der Waals surface area contributed by atoms with Gasteiger partial charge in [-0.1, -0.05) is 28.1 Å². The highest BCUT2D eigenvalue weighted by molar-refractivity contribution is 9.10. The summed E-state index contributed by atoms with van der Waals surface area (Å²) < 4.78 is 6.86. The van der Waals surface area contributed by atoms with Gasteiger partial charge in [0, 0.05) is 6.20 Å². The Kier molecular flexibility index (Phi) is 4.37. The summed E-state index contributed by atoms with van der Waals surface area (Å²) in [5.41, 5.74) is 1.73. The maximum Gasteiger partial charge on any atom is 0.179 e. The van der Waals surface area contributed by atoms with Gasteiger partial charge in [-0.15, -0.1) is 0 Å². The van der Waals surface area contributed by atoms with Crippen LogP contribution in [0.4, 0.5) is 0 Å². The highest BCUT2D eigenvalue weighted by atomic mass is 79.9. The summed E-state index contributed by atoms with van der Waals surface area (Å²) in [5, 5.41) is 4.20. The molecule has 2 aromatic rings. The first-order valence-electron chi connectivity index (χ1n) is 5.94. The molecule has 1 atom stereocenters. The van der Waals surface area contributed by atoms with E-state index in [2.05, 4.69) is 21.0 Å². The third kappa shape index (κ3) is 3.44. The van der Waals surface area contributed by atoms with Crippen LogP contribution < -0.4 is 4.74 Å². The van der Waals surface area contributed by atoms with E-state index in [4.69, 9.17) is 4.74 Å². The molecule has 0 spiro atoms. The van der Waals surface area contributed by atoms with Gasteiger partial charge in [-0.3, -0.25) is 9.48 Å². The number of rotatable bonds is 5. The first-order valence-corrected chi connectivity index (χ1v) is 6.85. The number of nitrogens with zero attached hydrogens (tertiary/aromatic N) is 2. The van der Waals surface area contributed by atoms with Crippen molar-refractivity contribution >= 4 is 21.7 Å². The number of ether oxygens (including phenoxy) is 1. The number of ketones is 1. The third-order valence-corrected chi connectivity index (χ3v) is 3.20. The predicted octanol–water partition coefficient (Wildman–Crippen LogP) is 2.91. The zero-order valence-electron chi connectivity index (χ0n) is 10.8. The van der Waals surface area contributed by atoms with Crippen molar-refractivity contribution in [3.63, 3.8) is 0 Å². The zero-order valence-corrected chi connectivity index (χ0v) is 12.4. The van der Waals surface area contributed by atoms with Crippen molar-refractivity contribution < 1.29 is 9.53 Å². The molecular weight excluding hydrogens is 308 g/mol. The van der Waals surface area contributed by atoms with Gasteiger partial charge in [0.2, 0.25) is 0 Å². The Bertz CT molecular complexity index is 561. The number of alkyl halides is 1. The van der Waals surface area contributed by atoms with Gasteiger partial charge in [0.05, 0.1) is 30.2 Å². The molecule has 0 radical (unpaired) electrons. The molecular formula is C14H15BrN2O2. The number of halogens is 1. The summed E-state index contributed by atoms with van der Waals surface area (Å²) in [5.74, 6) is 0.870. The molecule has 0 aliphatic rings. The van der Waals surface area contributed by atoms with Crippen molar-refractivity contribution in [1.29, 1.82) is 0 Å². The number of hydrogen-bond acceptors (Lipinski definition) is 3. The van der Waals surface area contributed by atoms with E-state index >= 15 is 0 Å². The molecule has 0 saturated carbocycles. The lowest BCUT2D eigenvalue weighted by atomic mass is 10.2. The van der Waals surface area contributed by atoms with Gasteiger partial charge in [-0.25, -0.2) is 0 Å². The van der Waals surface area contributed by atoms with Crippen LogP contribution in [-0.2, 0) is 6.54 Å². The van der Waals surface area contributed by atoms with Crippen LogP contribution in [0.15, 0.2) is 36.7 Å². The van der Waals surface area contributed by atoms with Crippen LogP contribution >= 0.6 is 15.9 Å². The van der Waals surface area contributed by atoms with Crippen molar-refractivity contribution in [3.05, 3.63) is 47.8 Å². The van der Waals surface area contributed by atoms with Crippen LogP contribution in [0.1, 0.15) is 22.8 Å². The second-order valence-corrected chi connectivity index (χ2v) is 5.63. The minimum atomic E-state index is -0.189. The molecule has 0 unspecified atom stereocenters. The van der Waals surface area contributed by atoms with E-state index in [1.807, 2.05) is 31.2 Å². The summed E-state index contributed by atoms with van der Waals surface area (Å²) in [4.78, 5) is 11.6. The standard InChI is InChI=1S/C14H15BrN2O2/c1-10(15)14(18)12-7-16-17(9-12)8-11-3-5-13(19-2)6-4-11/h3-7,9-10H,8H2,1-2H3/t10-/m1/s1. The fraction of sp³-hybridized carbons (Fsp3) is 0.286. The number of carbonyl (C=O) groups is 1. The molecule has 0 fully saturated rings. The van der Waals surface area contributed by atoms with E-state index in [1.165, 1.54) is 0 Å². The van der Waals surface area contributed by atoms with Gasteiger partial charge < -0.3 is 4.74 Å². The molecule has 1 heterocycles. The maximum absolute atomic E-state index is 11.8. The van der Waals surface area contributed by atoms with Gasteiger partial charge >= 0.3 is 0 Å². The number of methoxy groups -OCH3 is 1. The SMILES string of the molecule is COc1ccc(Cn2cc(C(=O)[C@@H](C)Br)cn2)cc1. The van der Waals surface area contributed by atoms with Crippen molar-refractivity contribution in [2.24, 2.45) is 0 Å². The molecule has 1 aromatic carbocycles. The quantitative estimate of drug-likeness (QED) is 0.628. The molecule has 2 rings (SSSR count). The number of Topliss-reactive ketones (excluding diaryl/α,β-unsaturated/α-hetero) is 1. The normalized spacial score (nSPS) is 12.2. The van der Waals surface area contributed by atoms with E-state index in [9.17, 15) is 4.79 Å². The van der Waals surface area contributed by atoms with Crippen molar-refractivity contribution in [2.75, 3.05) is 7.11 Å². The monoisotopic (exact) mass is 322 g/mol. The van der Waals surface area contributed by atoms with E-state index in [0.717, 1.165) is 11.3 Å². The van der Waals surface area contributed by atoms with Gasteiger partial charge in [0.1, 0.15) is 5.75 Å². The largest absolute Gasteiger partial charge is 0.497 e. The highest BCUT2D eigenvalue weighted by Gasteiger charge is 2.13. The lowest BCUT2D eigenvalue weighted by Crippen LogP contribution is -2.09. The molecule has 0 bridgehead atoms. The van der Waals surface area contributed by atoms with Gasteiger partial charge in [0.25, 0.3) is 0 Å². The maximum atomic E-state index is 11.8. The van der Waals surface area contributed by atoms with E-state index in [0.29, 0.717) is 12.1 Å². The minimum absolute atomic E-state index is 0.0426. The van der Waals surface area contributed by atoms with E-state index < -0.39 is 0 Å². The molecule has 19 heavy (non-hydrogen) atoms. The summed E-state index contributed by atoms with van der Waals surface area (Å²) in [6, 6.07) is 7.78. The molecule has 0 N–H and O–H groups in total. The summed E-state index contributed by atoms with van der Waals surface area (Å²) in [6.07, 6.45) is 3.37. The third-order valence-electron chi connectivity index (χ3n) is 2.78. The molecule has 4 nitrogen and oxygen atoms in total. The van der Waals surface area contributed by atoms with Crippen LogP contribution in [0.25, 0.3) is 0 Å². The number of hydrogen-bond donors (Lipinski definition) is 0. The van der Waals surface area contributed by atoms with Gasteiger partial charge in [-0.2, -0.15) is 5.10 Å². The summed E-state index contributed by atoms with van der Waals surface area (Å²) in [6.45, 7) is 2.44. The fourth-order valence-electron chi connectivity index (χ4n) is 1.72. The molecule has 0 aliphatic heterocycles. The molecule has 1 aromatic heterocycles. The molecule has 0 saturated heterocycles. The van der Waals surface area contributed by atoms with Crippen LogP contribution in [-0.4, -0.2) is 27.5 Å². The second-order valence-electron chi connectivity index (χ2n) is 4.25. The average Bonchev–Trinajstić information content (AvgIpc) is 2.87. The number of carbonyl (C=O) groups excluding carboxylic acids is 1. The Morgan fingerprint density at radius 1 is 1.42 bits per heavy atom. The van der Waals surface area contributed by atoms with Gasteiger partial charge in [0.15, 0.2) is 5.78 Å². The van der Waals surface area contributed by atoms with E-state index in [1.54, 1.807) is 24.2 Å². The Morgan fingerprint density at radius 2 is 2.11 bits per heavy atom. The number of aromatic nitrogens is 2. The molecule has 100 valence electrons. The van der Waals surface area contributed by atoms with E-state index in [-0.39, 0.29) is 10.6 Å². The van der Waals surface area contributed by atoms with Crippen molar-refractivity contribution in [2.45, 2.75) is 18.3 Å². The lowest BCUT2D eigenvalue weighted by molar-refractivity contribution is 0.0996. The average molecular weight is 323 g/mol. The Hall–Kier alpha value is -1.62. The Balaban J connectivity index is 2.09. The van der Waals surface area contributed by atoms with Crippen LogP contribution in [0, 0.1) is 0 Å². The fourth-order valence-corrected chi connectivity index (χ4v) is 1.99. The first-order chi connectivity index (χ1) is 9.10. The summed E-state index contributed by atoms with van der Waals surface area (Å²) >= 11 is 3.27. The van der Waals surface area contributed by atoms with Crippen molar-refractivity contribution in [3.8, 4) is 5.75 Å². The van der Waals surface area contributed by atoms with Crippen molar-refractivity contribution in [1.82, 2.24) is 9.78 Å². The van der Waals surface area contributed by atoms with Crippen LogP contribution in [0.5, 0.6) is 5.75 Å². The predicted molar refractivity (Wildman–Crippen MR) is 77.0 cm³/mol. The van der Waals surface area contributed by atoms with Gasteiger partial charge in [-0.05, 0) is 24.6 Å². The second kappa shape index (κ2) is 6.02. The lowest BCUT2D eigenvalue weighted by Gasteiger charge is -2.03. The van der Waals surface area contributed by atoms with Crippen LogP contribution in [0.2, 0.25) is 0 Å². The molecule has 0 amide bonds. The zero-order chi connectivity index (χ0) is 13.8. The topological polar surface area (TPSA) is 44.1 Å². The first kappa shape index (κ1) is 13.8. The molecule has 0 aliphatic carbocycles.